The van der Waals surface area contributed by atoms with Gasteiger partial charge in [0.2, 0.25) is 0 Å². The van der Waals surface area contributed by atoms with Crippen LogP contribution in [-0.2, 0) is 2.84 Å². The van der Waals surface area contributed by atoms with E-state index in [9.17, 15) is 0 Å². The van der Waals surface area contributed by atoms with Crippen LogP contribution in [0.4, 0.5) is 0 Å². The van der Waals surface area contributed by atoms with Crippen LogP contribution in [0.15, 0.2) is 48.5 Å². The van der Waals surface area contributed by atoms with E-state index in [0.717, 1.165) is 12.1 Å². The zero-order valence-electron chi connectivity index (χ0n) is 28.7. The molecule has 0 amide bonds. The van der Waals surface area contributed by atoms with Crippen molar-refractivity contribution < 1.29 is 29.6 Å². The number of benzene rings is 2. The van der Waals surface area contributed by atoms with Gasteiger partial charge in [-0.1, -0.05) is 24.3 Å². The minimum atomic E-state index is -2.73. The predicted molar refractivity (Wildman–Crippen MR) is 116 cm³/mol. The maximum absolute atomic E-state index is 8.24. The number of hydrogen-bond acceptors (Lipinski definition) is 5. The number of fused-ring (bicyclic) bond motifs is 2. The fourth-order valence-electron chi connectivity index (χ4n) is 2.69. The first-order valence-electron chi connectivity index (χ1n) is 15.2. The van der Waals surface area contributed by atoms with Gasteiger partial charge in [-0.15, -0.1) is 0 Å². The molecule has 142 valence electrons. The van der Waals surface area contributed by atoms with E-state index in [1.54, 1.807) is 0 Å². The van der Waals surface area contributed by atoms with E-state index < -0.39 is 70.6 Å². The molecule has 2 heterocycles. The Bertz CT molecular complexity index is 1560. The van der Waals surface area contributed by atoms with E-state index in [1.807, 2.05) is 0 Å². The first-order chi connectivity index (χ1) is 19.7. The van der Waals surface area contributed by atoms with Crippen LogP contribution in [0.5, 0.6) is 11.5 Å². The van der Waals surface area contributed by atoms with Gasteiger partial charge in [-0.25, -0.2) is 9.97 Å². The maximum atomic E-state index is 8.24. The number of aromatic nitrogens is 2. The van der Waals surface area contributed by atoms with Crippen molar-refractivity contribution in [2.24, 2.45) is 0 Å². The summed E-state index contributed by atoms with van der Waals surface area (Å²) in [6.45, 7) is -10.8. The Morgan fingerprint density at radius 3 is 1.76 bits per heavy atom. The first kappa shape index (κ1) is 9.35. The lowest BCUT2D eigenvalue weighted by molar-refractivity contribution is 0.420. The molecule has 2 radical (unpaired) electrons. The molecule has 5 nitrogen and oxygen atoms in total. The van der Waals surface area contributed by atoms with Crippen LogP contribution in [0.1, 0.15) is 41.7 Å². The van der Waals surface area contributed by atoms with Gasteiger partial charge in [0.25, 0.3) is 0 Å². The van der Waals surface area contributed by atoms with Crippen molar-refractivity contribution in [3.63, 3.8) is 0 Å². The molecule has 0 atom stereocenters. The molecular formula is C22H20Al2N2O3. The lowest BCUT2D eigenvalue weighted by atomic mass is 10.1. The van der Waals surface area contributed by atoms with Gasteiger partial charge in [-0.05, 0) is 62.8 Å². The Balaban J connectivity index is 1.62. The van der Waals surface area contributed by atoms with Crippen molar-refractivity contribution in [2.45, 2.75) is 27.4 Å². The average Bonchev–Trinajstić information content (AvgIpc) is 2.87. The smallest absolute Gasteiger partial charge is 0.626 e. The van der Waals surface area contributed by atoms with E-state index in [-0.39, 0.29) is 56.5 Å². The fraction of sp³-hybridized carbons (Fsp3) is 0.182. The quantitative estimate of drug-likeness (QED) is 0.333. The maximum Gasteiger partial charge on any atom is 0.743 e. The summed E-state index contributed by atoms with van der Waals surface area (Å²) in [6.07, 6.45) is 0. The monoisotopic (exact) mass is 428 g/mol. The van der Waals surface area contributed by atoms with Crippen molar-refractivity contribution in [1.82, 2.24) is 9.97 Å². The van der Waals surface area contributed by atoms with Gasteiger partial charge in [0.1, 0.15) is 22.5 Å². The Morgan fingerprint density at radius 2 is 1.31 bits per heavy atom. The molecule has 4 rings (SSSR count). The number of para-hydroxylation sites is 2. The highest BCUT2D eigenvalue weighted by Crippen LogP contribution is 2.27. The highest BCUT2D eigenvalue weighted by molar-refractivity contribution is 6.35. The lowest BCUT2D eigenvalue weighted by Gasteiger charge is -2.13. The van der Waals surface area contributed by atoms with E-state index in [1.165, 1.54) is 24.3 Å². The molecule has 0 aliphatic rings. The number of aryl methyl sites for hydroxylation is 4. The summed E-state index contributed by atoms with van der Waals surface area (Å²) in [5.41, 5.74) is -1.77. The van der Waals surface area contributed by atoms with Gasteiger partial charge in [0, 0.05) is 38.6 Å². The minimum Gasteiger partial charge on any atom is -0.626 e. The number of pyridine rings is 2. The third-order valence-corrected chi connectivity index (χ3v) is 5.47. The Labute approximate surface area is 203 Å². The summed E-state index contributed by atoms with van der Waals surface area (Å²) in [5, 5.41) is 0.163. The van der Waals surface area contributed by atoms with Crippen LogP contribution in [-0.4, -0.2) is 41.7 Å². The van der Waals surface area contributed by atoms with Crippen LogP contribution in [0.2, 0.25) is 0 Å². The average molecular weight is 428 g/mol. The van der Waals surface area contributed by atoms with Crippen molar-refractivity contribution in [3.8, 4) is 11.5 Å². The molecule has 0 saturated heterocycles. The van der Waals surface area contributed by atoms with E-state index in [4.69, 9.17) is 29.6 Å². The van der Waals surface area contributed by atoms with Crippen molar-refractivity contribution >= 4 is 53.6 Å². The van der Waals surface area contributed by atoms with Crippen LogP contribution in [0.25, 0.3) is 21.8 Å². The van der Waals surface area contributed by atoms with E-state index in [2.05, 4.69) is 9.97 Å². The molecule has 2 aromatic carbocycles. The normalized spacial score (nSPS) is 19.7. The number of hydrogen-bond donors (Lipinski definition) is 0. The molecule has 0 saturated carbocycles. The first-order valence-corrected chi connectivity index (χ1v) is 10.1. The highest BCUT2D eigenvalue weighted by atomic mass is 27.3. The number of nitrogens with zero attached hydrogens (tertiary/aromatic N) is 2. The number of rotatable bonds is 6. The molecule has 0 spiro atoms. The van der Waals surface area contributed by atoms with Gasteiger partial charge < -0.3 is 10.4 Å². The third kappa shape index (κ3) is 4.41. The minimum absolute atomic E-state index is 0.0813. The van der Waals surface area contributed by atoms with Crippen LogP contribution in [0.3, 0.4) is 0 Å². The standard InChI is InChI=1S/2C11H11NO.2Al.O/c2*1-7-6-8(2)12-11-9(7)4-3-5-10(11)13;;;/h2*3-6,13H,1-2H3;;;/q;;2*+1;/p-2/i2*1D3,2D3,5D;;;. The lowest BCUT2D eigenvalue weighted by Crippen LogP contribution is -2.16. The Kier molecular flexibility index (Phi) is 2.81. The summed E-state index contributed by atoms with van der Waals surface area (Å²) in [4.78, 5) is 8.16. The van der Waals surface area contributed by atoms with Crippen molar-refractivity contribution in [2.75, 3.05) is 0 Å². The third-order valence-electron chi connectivity index (χ3n) is 3.92. The van der Waals surface area contributed by atoms with Gasteiger partial charge in [-0.2, -0.15) is 0 Å². The summed E-state index contributed by atoms with van der Waals surface area (Å²) in [6, 6.07) is 6.83. The zero-order chi connectivity index (χ0) is 32.1. The summed E-state index contributed by atoms with van der Waals surface area (Å²) in [7, 11) is 0. The summed E-state index contributed by atoms with van der Waals surface area (Å²) >= 11 is -2.87. The molecule has 0 aliphatic carbocycles. The molecule has 7 heteroatoms. The molecule has 0 aliphatic heterocycles. The Morgan fingerprint density at radius 1 is 0.793 bits per heavy atom. The molecule has 2 aromatic heterocycles. The SMILES string of the molecule is [2H]c1ccc2c(C([2H])([2H])[2H])cc(C([2H])([2H])[2H])nc2c1[O][Al][O][Al][O]c1c([2H])ccc2c(C([2H])([2H])[2H])cc(C([2H])([2H])[2H])nc12. The van der Waals surface area contributed by atoms with Crippen LogP contribution in [0, 0.1) is 27.4 Å². The second-order valence-electron chi connectivity index (χ2n) is 5.81. The molecular weight excluding hydrogens is 394 g/mol. The molecule has 4 aromatic rings. The Hall–Kier alpha value is -2.12. The van der Waals surface area contributed by atoms with Crippen LogP contribution >= 0.6 is 0 Å². The van der Waals surface area contributed by atoms with Gasteiger partial charge in [0.15, 0.2) is 0 Å². The molecule has 29 heavy (non-hydrogen) atoms. The van der Waals surface area contributed by atoms with Crippen molar-refractivity contribution in [3.05, 3.63) is 71.0 Å². The van der Waals surface area contributed by atoms with Gasteiger partial charge >= 0.3 is 31.8 Å². The molecule has 0 N–H and O–H groups in total. The van der Waals surface area contributed by atoms with Crippen LogP contribution < -0.4 is 7.58 Å². The largest absolute Gasteiger partial charge is 0.743 e. The summed E-state index contributed by atoms with van der Waals surface area (Å²) in [5.74, 6) is -0.387. The molecule has 0 unspecified atom stereocenters. The van der Waals surface area contributed by atoms with E-state index in [0.29, 0.717) is 0 Å². The highest BCUT2D eigenvalue weighted by Gasteiger charge is 2.13. The van der Waals surface area contributed by atoms with Gasteiger partial charge in [0.05, 0.1) is 2.74 Å². The van der Waals surface area contributed by atoms with Gasteiger partial charge in [-0.3, -0.25) is 0 Å². The summed E-state index contributed by atoms with van der Waals surface area (Å²) < 4.78 is 127. The molecule has 0 bridgehead atoms. The van der Waals surface area contributed by atoms with E-state index >= 15 is 0 Å². The second-order valence-corrected chi connectivity index (χ2v) is 7.76. The second kappa shape index (κ2) is 8.72. The van der Waals surface area contributed by atoms with Crippen molar-refractivity contribution in [1.29, 1.82) is 0 Å². The zero-order valence-corrected chi connectivity index (χ0v) is 17.0. The predicted octanol–water partition coefficient (Wildman–Crippen LogP) is 4.56. The topological polar surface area (TPSA) is 53.5 Å². The molecule has 0 fully saturated rings. The fourth-order valence-corrected chi connectivity index (χ4v) is 3.86.